The molecule has 0 unspecified atom stereocenters. The second-order valence-electron chi connectivity index (χ2n) is 4.94. The molecule has 0 bridgehead atoms. The average molecular weight is 437 g/mol. The van der Waals surface area contributed by atoms with E-state index in [-0.39, 0.29) is 16.9 Å². The van der Waals surface area contributed by atoms with Crippen LogP contribution in [0.3, 0.4) is 0 Å². The molecule has 0 radical (unpaired) electrons. The Bertz CT molecular complexity index is 954. The molecule has 0 fully saturated rings. The molecule has 1 amide bonds. The summed E-state index contributed by atoms with van der Waals surface area (Å²) in [7, 11) is 1.44. The number of nitrogens with one attached hydrogen (secondary N) is 1. The number of rotatable bonds is 5. The van der Waals surface area contributed by atoms with Crippen molar-refractivity contribution in [1.29, 1.82) is 5.26 Å². The molecule has 0 spiro atoms. The minimum Gasteiger partial charge on any atom is -0.495 e. The molecule has 7 nitrogen and oxygen atoms in total. The van der Waals surface area contributed by atoms with Gasteiger partial charge >= 0.3 is 0 Å². The van der Waals surface area contributed by atoms with Crippen LogP contribution in [0, 0.1) is 21.4 Å². The van der Waals surface area contributed by atoms with Gasteiger partial charge < -0.3 is 10.1 Å². The lowest BCUT2D eigenvalue weighted by atomic mass is 10.1. The summed E-state index contributed by atoms with van der Waals surface area (Å²) in [6.07, 6.45) is 1.32. The number of carbonyl (C=O) groups is 1. The molecule has 132 valence electrons. The lowest BCUT2D eigenvalue weighted by molar-refractivity contribution is -0.384. The standard InChI is InChI=1S/C17H11BrClN3O4/c1-26-16-10(6-12(19)7-15(16)18)5-11(9-20)17(23)21-13-3-2-4-14(8-13)22(24)25/h2-8H,1H3,(H,21,23)/b11-5+. The van der Waals surface area contributed by atoms with Crippen LogP contribution in [-0.2, 0) is 4.79 Å². The summed E-state index contributed by atoms with van der Waals surface area (Å²) >= 11 is 9.30. The van der Waals surface area contributed by atoms with Crippen molar-refractivity contribution in [1.82, 2.24) is 0 Å². The molecule has 2 aromatic carbocycles. The molecule has 0 aliphatic heterocycles. The fourth-order valence-electron chi connectivity index (χ4n) is 2.10. The normalized spacial score (nSPS) is 10.8. The van der Waals surface area contributed by atoms with Crippen molar-refractivity contribution in [3.63, 3.8) is 0 Å². The first-order chi connectivity index (χ1) is 12.3. The summed E-state index contributed by atoms with van der Waals surface area (Å²) in [5, 5.41) is 23.0. The highest BCUT2D eigenvalue weighted by atomic mass is 79.9. The Morgan fingerprint density at radius 2 is 2.15 bits per heavy atom. The van der Waals surface area contributed by atoms with Gasteiger partial charge in [-0.3, -0.25) is 14.9 Å². The van der Waals surface area contributed by atoms with Crippen LogP contribution in [0.5, 0.6) is 5.75 Å². The van der Waals surface area contributed by atoms with Crippen LogP contribution in [0.4, 0.5) is 11.4 Å². The van der Waals surface area contributed by atoms with E-state index in [1.165, 1.54) is 37.5 Å². The average Bonchev–Trinajstić information content (AvgIpc) is 2.59. The van der Waals surface area contributed by atoms with Gasteiger partial charge in [-0.1, -0.05) is 17.7 Å². The van der Waals surface area contributed by atoms with Gasteiger partial charge in [0.15, 0.2) is 0 Å². The number of ether oxygens (including phenoxy) is 1. The van der Waals surface area contributed by atoms with E-state index in [9.17, 15) is 20.2 Å². The summed E-state index contributed by atoms with van der Waals surface area (Å²) in [6.45, 7) is 0. The fraction of sp³-hybridized carbons (Fsp3) is 0.0588. The quantitative estimate of drug-likeness (QED) is 0.320. The minimum absolute atomic E-state index is 0.175. The van der Waals surface area contributed by atoms with Crippen molar-refractivity contribution in [3.8, 4) is 11.8 Å². The van der Waals surface area contributed by atoms with Crippen LogP contribution in [0.25, 0.3) is 6.08 Å². The van der Waals surface area contributed by atoms with Crippen LogP contribution in [0.15, 0.2) is 46.4 Å². The highest BCUT2D eigenvalue weighted by molar-refractivity contribution is 9.10. The number of benzene rings is 2. The molecule has 26 heavy (non-hydrogen) atoms. The topological polar surface area (TPSA) is 105 Å². The van der Waals surface area contributed by atoms with E-state index in [1.54, 1.807) is 18.2 Å². The number of nitro benzene ring substituents is 1. The molecule has 2 aromatic rings. The van der Waals surface area contributed by atoms with Gasteiger partial charge in [0, 0.05) is 28.4 Å². The van der Waals surface area contributed by atoms with E-state index >= 15 is 0 Å². The maximum Gasteiger partial charge on any atom is 0.271 e. The van der Waals surface area contributed by atoms with Gasteiger partial charge in [-0.25, -0.2) is 0 Å². The summed E-state index contributed by atoms with van der Waals surface area (Å²) in [5.41, 5.74) is 0.233. The number of halogens is 2. The number of methoxy groups -OCH3 is 1. The molecule has 0 heterocycles. The Kier molecular flexibility index (Phi) is 6.33. The van der Waals surface area contributed by atoms with Crippen LogP contribution < -0.4 is 10.1 Å². The molecule has 0 aromatic heterocycles. The molecule has 0 saturated heterocycles. The molecule has 0 aliphatic rings. The number of hydrogen-bond acceptors (Lipinski definition) is 5. The van der Waals surface area contributed by atoms with Crippen molar-refractivity contribution in [2.75, 3.05) is 12.4 Å². The van der Waals surface area contributed by atoms with Gasteiger partial charge in [-0.05, 0) is 40.2 Å². The number of non-ortho nitro benzene ring substituents is 1. The van der Waals surface area contributed by atoms with Crippen LogP contribution in [0.1, 0.15) is 5.56 Å². The summed E-state index contributed by atoms with van der Waals surface area (Å²) in [6, 6.07) is 10.4. The van der Waals surface area contributed by atoms with Gasteiger partial charge in [-0.2, -0.15) is 5.26 Å². The largest absolute Gasteiger partial charge is 0.495 e. The molecular weight excluding hydrogens is 426 g/mol. The van der Waals surface area contributed by atoms with Crippen molar-refractivity contribution in [2.45, 2.75) is 0 Å². The Morgan fingerprint density at radius 3 is 2.77 bits per heavy atom. The van der Waals surface area contributed by atoms with Crippen molar-refractivity contribution in [2.24, 2.45) is 0 Å². The first kappa shape index (κ1) is 19.4. The van der Waals surface area contributed by atoms with Crippen LogP contribution in [0.2, 0.25) is 5.02 Å². The highest BCUT2D eigenvalue weighted by Crippen LogP contribution is 2.34. The zero-order valence-electron chi connectivity index (χ0n) is 13.3. The van der Waals surface area contributed by atoms with E-state index in [2.05, 4.69) is 21.2 Å². The molecule has 1 N–H and O–H groups in total. The molecule has 0 saturated carbocycles. The van der Waals surface area contributed by atoms with Crippen LogP contribution in [-0.4, -0.2) is 17.9 Å². The third-order valence-electron chi connectivity index (χ3n) is 3.22. The minimum atomic E-state index is -0.717. The zero-order chi connectivity index (χ0) is 19.3. The highest BCUT2D eigenvalue weighted by Gasteiger charge is 2.15. The van der Waals surface area contributed by atoms with Crippen LogP contribution >= 0.6 is 27.5 Å². The Labute approximate surface area is 162 Å². The van der Waals surface area contributed by atoms with Gasteiger partial charge in [0.2, 0.25) is 0 Å². The lowest BCUT2D eigenvalue weighted by Gasteiger charge is -2.09. The van der Waals surface area contributed by atoms with E-state index in [4.69, 9.17) is 16.3 Å². The first-order valence-electron chi connectivity index (χ1n) is 7.06. The van der Waals surface area contributed by atoms with Crippen molar-refractivity contribution < 1.29 is 14.5 Å². The first-order valence-corrected chi connectivity index (χ1v) is 8.23. The SMILES string of the molecule is COc1c(Br)cc(Cl)cc1/C=C(\C#N)C(=O)Nc1cccc([N+](=O)[O-])c1. The number of nitrogens with zero attached hydrogens (tertiary/aromatic N) is 2. The monoisotopic (exact) mass is 435 g/mol. The predicted molar refractivity (Wildman–Crippen MR) is 101 cm³/mol. The summed E-state index contributed by atoms with van der Waals surface area (Å²) in [4.78, 5) is 22.6. The number of nitro groups is 1. The van der Waals surface area contributed by atoms with E-state index in [0.717, 1.165) is 0 Å². The lowest BCUT2D eigenvalue weighted by Crippen LogP contribution is -2.13. The number of nitriles is 1. The van der Waals surface area contributed by atoms with Crippen molar-refractivity contribution >= 4 is 50.9 Å². The van der Waals surface area contributed by atoms with E-state index < -0.39 is 10.8 Å². The molecule has 2 rings (SSSR count). The summed E-state index contributed by atoms with van der Waals surface area (Å²) in [5.74, 6) is -0.309. The van der Waals surface area contributed by atoms with Gasteiger partial charge in [0.25, 0.3) is 11.6 Å². The summed E-state index contributed by atoms with van der Waals surface area (Å²) < 4.78 is 5.82. The smallest absolute Gasteiger partial charge is 0.271 e. The van der Waals surface area contributed by atoms with Gasteiger partial charge in [0.1, 0.15) is 17.4 Å². The molecule has 0 aliphatic carbocycles. The number of anilines is 1. The maximum atomic E-state index is 12.3. The third kappa shape index (κ3) is 4.59. The Balaban J connectivity index is 2.35. The van der Waals surface area contributed by atoms with E-state index in [1.807, 2.05) is 0 Å². The number of hydrogen-bond donors (Lipinski definition) is 1. The fourth-order valence-corrected chi connectivity index (χ4v) is 3.10. The molecular formula is C17H11BrClN3O4. The van der Waals surface area contributed by atoms with Gasteiger partial charge in [0.05, 0.1) is 16.5 Å². The maximum absolute atomic E-state index is 12.3. The third-order valence-corrected chi connectivity index (χ3v) is 4.03. The van der Waals surface area contributed by atoms with E-state index in [0.29, 0.717) is 20.8 Å². The second kappa shape index (κ2) is 8.47. The Hall–Kier alpha value is -2.89. The second-order valence-corrected chi connectivity index (χ2v) is 6.23. The molecule has 9 heteroatoms. The number of carbonyl (C=O) groups excluding carboxylic acids is 1. The van der Waals surface area contributed by atoms with Crippen molar-refractivity contribution in [3.05, 3.63) is 67.1 Å². The number of amides is 1. The zero-order valence-corrected chi connectivity index (χ0v) is 15.7. The molecule has 0 atom stereocenters. The Morgan fingerprint density at radius 1 is 1.42 bits per heavy atom. The van der Waals surface area contributed by atoms with Gasteiger partial charge in [-0.15, -0.1) is 0 Å². The predicted octanol–water partition coefficient (Wildman–Crippen LogP) is 4.56.